The summed E-state index contributed by atoms with van der Waals surface area (Å²) in [5.41, 5.74) is 0.817. The van der Waals surface area contributed by atoms with Crippen LogP contribution in [0.1, 0.15) is 68.1 Å². The van der Waals surface area contributed by atoms with E-state index in [1.54, 1.807) is 7.11 Å². The molecule has 32 heavy (non-hydrogen) atoms. The van der Waals surface area contributed by atoms with Gasteiger partial charge >= 0.3 is 0 Å². The van der Waals surface area contributed by atoms with Gasteiger partial charge in [0.15, 0.2) is 5.82 Å². The van der Waals surface area contributed by atoms with Crippen molar-refractivity contribution in [2.45, 2.75) is 62.7 Å². The molecule has 3 fully saturated rings. The van der Waals surface area contributed by atoms with Crippen molar-refractivity contribution >= 4 is 5.91 Å². The number of methoxy groups -OCH3 is 1. The van der Waals surface area contributed by atoms with Gasteiger partial charge in [-0.1, -0.05) is 30.1 Å². The second kappa shape index (κ2) is 9.22. The zero-order chi connectivity index (χ0) is 22.0. The fraction of sp³-hybridized carbons (Fsp3) is 0.640. The predicted molar refractivity (Wildman–Crippen MR) is 119 cm³/mol. The lowest BCUT2D eigenvalue weighted by Gasteiger charge is -2.41. The van der Waals surface area contributed by atoms with Crippen molar-refractivity contribution in [2.24, 2.45) is 5.92 Å². The van der Waals surface area contributed by atoms with E-state index in [9.17, 15) is 4.79 Å². The highest BCUT2D eigenvalue weighted by Gasteiger charge is 2.46. The van der Waals surface area contributed by atoms with Crippen LogP contribution in [0.2, 0.25) is 0 Å². The fourth-order valence-corrected chi connectivity index (χ4v) is 5.25. The van der Waals surface area contributed by atoms with Crippen LogP contribution in [-0.4, -0.2) is 54.4 Å². The molecule has 1 aromatic carbocycles. The predicted octanol–water partition coefficient (Wildman–Crippen LogP) is 3.88. The third-order valence-electron chi connectivity index (χ3n) is 7.31. The number of amides is 1. The van der Waals surface area contributed by atoms with Gasteiger partial charge in [0.1, 0.15) is 5.75 Å². The van der Waals surface area contributed by atoms with Crippen LogP contribution in [-0.2, 0) is 21.4 Å². The Hall–Kier alpha value is -2.41. The van der Waals surface area contributed by atoms with E-state index in [0.29, 0.717) is 18.9 Å². The minimum Gasteiger partial charge on any atom is -0.497 e. The normalized spacial score (nSPS) is 24.5. The van der Waals surface area contributed by atoms with Gasteiger partial charge in [0.2, 0.25) is 11.8 Å². The summed E-state index contributed by atoms with van der Waals surface area (Å²) in [6, 6.07) is 7.76. The van der Waals surface area contributed by atoms with Crippen LogP contribution in [0.5, 0.6) is 5.75 Å². The fourth-order valence-electron chi connectivity index (χ4n) is 5.25. The topological polar surface area (TPSA) is 77.7 Å². The first kappa shape index (κ1) is 21.4. The molecule has 0 spiro atoms. The molecule has 1 saturated carbocycles. The number of hydrogen-bond donors (Lipinski definition) is 0. The largest absolute Gasteiger partial charge is 0.497 e. The Labute approximate surface area is 189 Å². The molecule has 1 aromatic heterocycles. The van der Waals surface area contributed by atoms with Gasteiger partial charge in [-0.05, 0) is 55.7 Å². The summed E-state index contributed by atoms with van der Waals surface area (Å²) in [6.45, 7) is 2.99. The quantitative estimate of drug-likeness (QED) is 0.652. The SMILES string of the molecule is COc1ccc(CC(=O)N2CCCC(CC3CC3)(c3noc(C4CCOCC4)n3)C2)cc1. The molecule has 0 radical (unpaired) electrons. The molecular weight excluding hydrogens is 406 g/mol. The standard InChI is InChI=1S/C25H33N3O4/c1-30-21-7-5-18(6-8-21)15-22(29)28-12-2-11-25(17-28,16-19-3-4-19)24-26-23(32-27-24)20-9-13-31-14-10-20/h5-8,19-20H,2-4,9-17H2,1H3. The monoisotopic (exact) mass is 439 g/mol. The summed E-state index contributed by atoms with van der Waals surface area (Å²) in [7, 11) is 1.65. The zero-order valence-electron chi connectivity index (χ0n) is 18.9. The molecular formula is C25H33N3O4. The Morgan fingerprint density at radius 1 is 1.19 bits per heavy atom. The highest BCUT2D eigenvalue weighted by Crippen LogP contribution is 2.46. The van der Waals surface area contributed by atoms with Crippen molar-refractivity contribution in [1.29, 1.82) is 0 Å². The average molecular weight is 440 g/mol. The number of aromatic nitrogens is 2. The first-order chi connectivity index (χ1) is 15.6. The molecule has 7 nitrogen and oxygen atoms in total. The van der Waals surface area contributed by atoms with Crippen molar-refractivity contribution in [3.05, 3.63) is 41.5 Å². The molecule has 0 bridgehead atoms. The summed E-state index contributed by atoms with van der Waals surface area (Å²) < 4.78 is 16.5. The maximum atomic E-state index is 13.2. The summed E-state index contributed by atoms with van der Waals surface area (Å²) >= 11 is 0. The van der Waals surface area contributed by atoms with Gasteiger partial charge in [-0.15, -0.1) is 0 Å². The molecule has 1 amide bonds. The van der Waals surface area contributed by atoms with Crippen molar-refractivity contribution in [2.75, 3.05) is 33.4 Å². The van der Waals surface area contributed by atoms with Crippen LogP contribution in [0.4, 0.5) is 0 Å². The minimum atomic E-state index is -0.193. The Kier molecular flexibility index (Phi) is 6.17. The third kappa shape index (κ3) is 4.68. The van der Waals surface area contributed by atoms with Gasteiger partial charge in [-0.2, -0.15) is 4.98 Å². The minimum absolute atomic E-state index is 0.170. The maximum absolute atomic E-state index is 13.2. The first-order valence-electron chi connectivity index (χ1n) is 12.0. The van der Waals surface area contributed by atoms with Gasteiger partial charge in [0, 0.05) is 32.2 Å². The lowest BCUT2D eigenvalue weighted by atomic mass is 9.74. The van der Waals surface area contributed by atoms with Gasteiger partial charge in [-0.3, -0.25) is 4.79 Å². The number of ether oxygens (including phenoxy) is 2. The van der Waals surface area contributed by atoms with E-state index in [2.05, 4.69) is 5.16 Å². The number of benzene rings is 1. The molecule has 1 unspecified atom stereocenters. The Bertz CT molecular complexity index is 918. The van der Waals surface area contributed by atoms with Gasteiger partial charge in [0.25, 0.3) is 0 Å². The highest BCUT2D eigenvalue weighted by atomic mass is 16.5. The maximum Gasteiger partial charge on any atom is 0.229 e. The van der Waals surface area contributed by atoms with Crippen LogP contribution in [0.3, 0.4) is 0 Å². The molecule has 1 atom stereocenters. The van der Waals surface area contributed by atoms with E-state index in [-0.39, 0.29) is 11.3 Å². The lowest BCUT2D eigenvalue weighted by molar-refractivity contribution is -0.133. The van der Waals surface area contributed by atoms with Crippen LogP contribution < -0.4 is 4.74 Å². The summed E-state index contributed by atoms with van der Waals surface area (Å²) in [4.78, 5) is 20.2. The Morgan fingerprint density at radius 3 is 2.69 bits per heavy atom. The summed E-state index contributed by atoms with van der Waals surface area (Å²) in [6.07, 6.45) is 7.85. The van der Waals surface area contributed by atoms with Crippen molar-refractivity contribution < 1.29 is 18.8 Å². The number of likely N-dealkylation sites (tertiary alicyclic amines) is 1. The Morgan fingerprint density at radius 2 is 1.97 bits per heavy atom. The van der Waals surface area contributed by atoms with Crippen LogP contribution in [0, 0.1) is 5.92 Å². The molecule has 5 rings (SSSR count). The van der Waals surface area contributed by atoms with Crippen LogP contribution >= 0.6 is 0 Å². The molecule has 0 N–H and O–H groups in total. The number of carbonyl (C=O) groups is 1. The van der Waals surface area contributed by atoms with E-state index < -0.39 is 0 Å². The van der Waals surface area contributed by atoms with Crippen LogP contribution in [0.15, 0.2) is 28.8 Å². The number of hydrogen-bond acceptors (Lipinski definition) is 6. The number of piperidine rings is 1. The summed E-state index contributed by atoms with van der Waals surface area (Å²) in [5, 5.41) is 4.49. The molecule has 2 aliphatic heterocycles. The molecule has 3 heterocycles. The average Bonchev–Trinajstić information content (AvgIpc) is 3.50. The smallest absolute Gasteiger partial charge is 0.229 e. The van der Waals surface area contributed by atoms with E-state index >= 15 is 0 Å². The van der Waals surface area contributed by atoms with E-state index in [0.717, 1.165) is 80.8 Å². The molecule has 3 aliphatic rings. The molecule has 172 valence electrons. The van der Waals surface area contributed by atoms with Crippen molar-refractivity contribution in [3.8, 4) is 5.75 Å². The second-order valence-corrected chi connectivity index (χ2v) is 9.71. The van der Waals surface area contributed by atoms with E-state index in [1.165, 1.54) is 12.8 Å². The lowest BCUT2D eigenvalue weighted by Crippen LogP contribution is -2.49. The summed E-state index contributed by atoms with van der Waals surface area (Å²) in [5.74, 6) is 3.55. The van der Waals surface area contributed by atoms with E-state index in [1.807, 2.05) is 29.2 Å². The molecule has 7 heteroatoms. The first-order valence-corrected chi connectivity index (χ1v) is 12.0. The molecule has 2 saturated heterocycles. The third-order valence-corrected chi connectivity index (χ3v) is 7.31. The number of nitrogens with zero attached hydrogens (tertiary/aromatic N) is 3. The van der Waals surface area contributed by atoms with Crippen molar-refractivity contribution in [3.63, 3.8) is 0 Å². The highest BCUT2D eigenvalue weighted by molar-refractivity contribution is 5.79. The zero-order valence-corrected chi connectivity index (χ0v) is 18.9. The number of rotatable bonds is 7. The van der Waals surface area contributed by atoms with Crippen LogP contribution in [0.25, 0.3) is 0 Å². The molecule has 1 aliphatic carbocycles. The van der Waals surface area contributed by atoms with Gasteiger partial charge in [-0.25, -0.2) is 0 Å². The van der Waals surface area contributed by atoms with E-state index in [4.69, 9.17) is 19.0 Å². The number of carbonyl (C=O) groups excluding carboxylic acids is 1. The Balaban J connectivity index is 1.32. The second-order valence-electron chi connectivity index (χ2n) is 9.71. The van der Waals surface area contributed by atoms with Gasteiger partial charge < -0.3 is 18.9 Å². The van der Waals surface area contributed by atoms with Gasteiger partial charge in [0.05, 0.1) is 18.9 Å². The molecule has 2 aromatic rings. The van der Waals surface area contributed by atoms with Crippen molar-refractivity contribution in [1.82, 2.24) is 15.0 Å².